The zero-order valence-electron chi connectivity index (χ0n) is 9.76. The highest BCUT2D eigenvalue weighted by Gasteiger charge is 2.12. The molecule has 0 saturated heterocycles. The fourth-order valence-electron chi connectivity index (χ4n) is 1.87. The van der Waals surface area contributed by atoms with Crippen molar-refractivity contribution in [3.05, 3.63) is 47.9 Å². The highest BCUT2D eigenvalue weighted by molar-refractivity contribution is 5.63. The number of pyridine rings is 1. The van der Waals surface area contributed by atoms with Crippen LogP contribution >= 0.6 is 0 Å². The van der Waals surface area contributed by atoms with Crippen LogP contribution in [0.4, 0.5) is 10.1 Å². The Balaban J connectivity index is 2.31. The molecule has 90 valence electrons. The molecule has 0 fully saturated rings. The number of nitrogen functional groups attached to an aromatic ring is 1. The standard InChI is InChI=1S/C13H11FN4/c1-8-6-12-16-17-13(18(12)7-11(8)15)9-4-2-3-5-10(9)14/h2-7H,15H2,1H3. The van der Waals surface area contributed by atoms with E-state index in [-0.39, 0.29) is 5.82 Å². The van der Waals surface area contributed by atoms with Gasteiger partial charge in [0.05, 0.1) is 11.3 Å². The van der Waals surface area contributed by atoms with Gasteiger partial charge in [0.1, 0.15) is 5.82 Å². The van der Waals surface area contributed by atoms with E-state index in [9.17, 15) is 4.39 Å². The normalized spacial score (nSPS) is 11.0. The van der Waals surface area contributed by atoms with Crippen LogP contribution in [-0.4, -0.2) is 14.6 Å². The van der Waals surface area contributed by atoms with Crippen LogP contribution in [-0.2, 0) is 0 Å². The first-order chi connectivity index (χ1) is 8.66. The number of rotatable bonds is 1. The van der Waals surface area contributed by atoms with Crippen molar-refractivity contribution in [3.63, 3.8) is 0 Å². The maximum Gasteiger partial charge on any atom is 0.171 e. The lowest BCUT2D eigenvalue weighted by molar-refractivity contribution is 0.629. The van der Waals surface area contributed by atoms with E-state index in [1.54, 1.807) is 28.8 Å². The van der Waals surface area contributed by atoms with Gasteiger partial charge in [-0.1, -0.05) is 12.1 Å². The van der Waals surface area contributed by atoms with Crippen LogP contribution in [0.5, 0.6) is 0 Å². The number of hydrogen-bond donors (Lipinski definition) is 1. The molecule has 0 aliphatic heterocycles. The molecule has 2 heterocycles. The first-order valence-corrected chi connectivity index (χ1v) is 5.52. The SMILES string of the molecule is Cc1cc2nnc(-c3ccccc3F)n2cc1N. The number of benzene rings is 1. The minimum absolute atomic E-state index is 0.328. The number of anilines is 1. The lowest BCUT2D eigenvalue weighted by Gasteiger charge is -2.04. The second-order valence-corrected chi connectivity index (χ2v) is 4.14. The summed E-state index contributed by atoms with van der Waals surface area (Å²) in [5.41, 5.74) is 8.47. The summed E-state index contributed by atoms with van der Waals surface area (Å²) in [6.45, 7) is 1.90. The summed E-state index contributed by atoms with van der Waals surface area (Å²) < 4.78 is 15.4. The molecule has 1 aromatic carbocycles. The van der Waals surface area contributed by atoms with E-state index >= 15 is 0 Å². The molecule has 0 bridgehead atoms. The van der Waals surface area contributed by atoms with Gasteiger partial charge in [0.25, 0.3) is 0 Å². The largest absolute Gasteiger partial charge is 0.397 e. The Morgan fingerprint density at radius 2 is 2.00 bits per heavy atom. The predicted molar refractivity (Wildman–Crippen MR) is 67.5 cm³/mol. The fourth-order valence-corrected chi connectivity index (χ4v) is 1.87. The third kappa shape index (κ3) is 1.52. The number of aromatic nitrogens is 3. The van der Waals surface area contributed by atoms with Crippen LogP contribution in [0.2, 0.25) is 0 Å². The second-order valence-electron chi connectivity index (χ2n) is 4.14. The molecule has 0 spiro atoms. The summed E-state index contributed by atoms with van der Waals surface area (Å²) >= 11 is 0. The molecule has 2 aromatic heterocycles. The van der Waals surface area contributed by atoms with Crippen LogP contribution in [0.1, 0.15) is 5.56 Å². The molecule has 0 saturated carbocycles. The van der Waals surface area contributed by atoms with E-state index in [1.165, 1.54) is 6.07 Å². The van der Waals surface area contributed by atoms with Crippen molar-refractivity contribution in [2.75, 3.05) is 5.73 Å². The lowest BCUT2D eigenvalue weighted by atomic mass is 10.2. The van der Waals surface area contributed by atoms with Crippen molar-refractivity contribution < 1.29 is 4.39 Å². The number of halogens is 1. The highest BCUT2D eigenvalue weighted by atomic mass is 19.1. The van der Waals surface area contributed by atoms with Crippen molar-refractivity contribution in [3.8, 4) is 11.4 Å². The lowest BCUT2D eigenvalue weighted by Crippen LogP contribution is -1.97. The maximum absolute atomic E-state index is 13.7. The average molecular weight is 242 g/mol. The molecular weight excluding hydrogens is 231 g/mol. The number of nitrogens with two attached hydrogens (primary N) is 1. The van der Waals surface area contributed by atoms with Crippen LogP contribution in [0.25, 0.3) is 17.0 Å². The van der Waals surface area contributed by atoms with Gasteiger partial charge in [0, 0.05) is 6.20 Å². The molecule has 4 nitrogen and oxygen atoms in total. The zero-order valence-corrected chi connectivity index (χ0v) is 9.76. The molecular formula is C13H11FN4. The molecule has 0 amide bonds. The summed E-state index contributed by atoms with van der Waals surface area (Å²) in [5, 5.41) is 8.05. The minimum atomic E-state index is -0.328. The van der Waals surface area contributed by atoms with Crippen LogP contribution < -0.4 is 5.73 Å². The first kappa shape index (κ1) is 10.7. The van der Waals surface area contributed by atoms with Gasteiger partial charge in [-0.2, -0.15) is 0 Å². The molecule has 0 aliphatic rings. The molecule has 0 atom stereocenters. The van der Waals surface area contributed by atoms with E-state index in [0.717, 1.165) is 5.56 Å². The van der Waals surface area contributed by atoms with E-state index in [4.69, 9.17) is 5.73 Å². The maximum atomic E-state index is 13.7. The Labute approximate surface area is 103 Å². The van der Waals surface area contributed by atoms with E-state index in [1.807, 2.05) is 13.0 Å². The quantitative estimate of drug-likeness (QED) is 0.713. The van der Waals surface area contributed by atoms with Crippen LogP contribution in [0, 0.1) is 12.7 Å². The third-order valence-corrected chi connectivity index (χ3v) is 2.91. The number of aryl methyl sites for hydroxylation is 1. The Kier molecular flexibility index (Phi) is 2.26. The molecule has 0 radical (unpaired) electrons. The molecule has 18 heavy (non-hydrogen) atoms. The summed E-state index contributed by atoms with van der Waals surface area (Å²) in [6.07, 6.45) is 1.71. The third-order valence-electron chi connectivity index (χ3n) is 2.91. The van der Waals surface area contributed by atoms with E-state index in [2.05, 4.69) is 10.2 Å². The Morgan fingerprint density at radius 3 is 2.78 bits per heavy atom. The molecule has 0 unspecified atom stereocenters. The van der Waals surface area contributed by atoms with E-state index < -0.39 is 0 Å². The van der Waals surface area contributed by atoms with Crippen molar-refractivity contribution in [1.82, 2.24) is 14.6 Å². The number of hydrogen-bond acceptors (Lipinski definition) is 3. The average Bonchev–Trinajstić information content (AvgIpc) is 2.73. The number of fused-ring (bicyclic) bond motifs is 1. The molecule has 2 N–H and O–H groups in total. The van der Waals surface area contributed by atoms with Crippen molar-refractivity contribution in [2.45, 2.75) is 6.92 Å². The van der Waals surface area contributed by atoms with Crippen LogP contribution in [0.3, 0.4) is 0 Å². The van der Waals surface area contributed by atoms with Crippen molar-refractivity contribution >= 4 is 11.3 Å². The topological polar surface area (TPSA) is 56.2 Å². The summed E-state index contributed by atoms with van der Waals surface area (Å²) in [7, 11) is 0. The van der Waals surface area contributed by atoms with Gasteiger partial charge in [-0.25, -0.2) is 4.39 Å². The molecule has 5 heteroatoms. The molecule has 3 rings (SSSR count). The molecule has 3 aromatic rings. The summed E-state index contributed by atoms with van der Waals surface area (Å²) in [4.78, 5) is 0. The van der Waals surface area contributed by atoms with Gasteiger partial charge < -0.3 is 5.73 Å². The number of nitrogens with zero attached hydrogens (tertiary/aromatic N) is 3. The van der Waals surface area contributed by atoms with Crippen molar-refractivity contribution in [1.29, 1.82) is 0 Å². The van der Waals surface area contributed by atoms with Crippen LogP contribution in [0.15, 0.2) is 36.5 Å². The Morgan fingerprint density at radius 1 is 1.22 bits per heavy atom. The van der Waals surface area contributed by atoms with Gasteiger partial charge in [-0.15, -0.1) is 10.2 Å². The smallest absolute Gasteiger partial charge is 0.171 e. The van der Waals surface area contributed by atoms with Gasteiger partial charge in [0.15, 0.2) is 11.5 Å². The first-order valence-electron chi connectivity index (χ1n) is 5.52. The van der Waals surface area contributed by atoms with E-state index in [0.29, 0.717) is 22.7 Å². The monoisotopic (exact) mass is 242 g/mol. The van der Waals surface area contributed by atoms with Crippen molar-refractivity contribution in [2.24, 2.45) is 0 Å². The summed E-state index contributed by atoms with van der Waals surface area (Å²) in [6, 6.07) is 8.29. The van der Waals surface area contributed by atoms with Gasteiger partial charge in [-0.05, 0) is 30.7 Å². The Hall–Kier alpha value is -2.43. The minimum Gasteiger partial charge on any atom is -0.397 e. The zero-order chi connectivity index (χ0) is 12.7. The molecule has 0 aliphatic carbocycles. The predicted octanol–water partition coefficient (Wildman–Crippen LogP) is 2.43. The highest BCUT2D eigenvalue weighted by Crippen LogP contribution is 2.23. The van der Waals surface area contributed by atoms with Gasteiger partial charge in [-0.3, -0.25) is 4.40 Å². The van der Waals surface area contributed by atoms with Gasteiger partial charge >= 0.3 is 0 Å². The Bertz CT molecular complexity index is 733. The van der Waals surface area contributed by atoms with Gasteiger partial charge in [0.2, 0.25) is 0 Å². The second kappa shape index (κ2) is 3.80. The fraction of sp³-hybridized carbons (Fsp3) is 0.0769. The summed E-state index contributed by atoms with van der Waals surface area (Å²) in [5.74, 6) is 0.126.